The van der Waals surface area contributed by atoms with E-state index in [2.05, 4.69) is 0 Å². The largest absolute Gasteiger partial charge is 0.495 e. The molecule has 0 aromatic heterocycles. The molecular formula is C26H26N2O7. The smallest absolute Gasteiger partial charge is 0.235 e. The molecule has 5 rings (SSSR count). The summed E-state index contributed by atoms with van der Waals surface area (Å²) >= 11 is 0. The number of rotatable bonds is 3. The summed E-state index contributed by atoms with van der Waals surface area (Å²) in [5, 5.41) is 13.2. The molecule has 0 bridgehead atoms. The van der Waals surface area contributed by atoms with Crippen molar-refractivity contribution in [2.45, 2.75) is 24.5 Å². The van der Waals surface area contributed by atoms with Gasteiger partial charge in [0.1, 0.15) is 5.75 Å². The van der Waals surface area contributed by atoms with Crippen molar-refractivity contribution >= 4 is 39.8 Å². The Morgan fingerprint density at radius 3 is 2.46 bits per heavy atom. The number of hydrogen-bond donors (Lipinski definition) is 2. The van der Waals surface area contributed by atoms with Crippen LogP contribution in [0.15, 0.2) is 30.3 Å². The lowest BCUT2D eigenvalue weighted by atomic mass is 9.52. The molecule has 182 valence electrons. The van der Waals surface area contributed by atoms with E-state index in [9.17, 15) is 29.1 Å². The number of benzene rings is 2. The molecule has 1 amide bonds. The van der Waals surface area contributed by atoms with E-state index in [1.54, 1.807) is 14.1 Å². The van der Waals surface area contributed by atoms with Crippen LogP contribution in [0.25, 0.3) is 10.8 Å². The second-order valence-corrected chi connectivity index (χ2v) is 9.95. The Hall–Kier alpha value is -3.43. The van der Waals surface area contributed by atoms with E-state index in [4.69, 9.17) is 10.5 Å². The standard InChI is InChI=1S/C26H26N2O7/c1-28(2)19-15-10-13-9-12-8-11-6-4-5-7-14(11)22(35-3)16(12)20(29)17(13)23(31)26(15,34)24(32)18(21(19)30)25(27)33/h4-8,13,15,17-19,34H,9-10H2,1-3H3,(H2,27,33)/t13-,15-,17?,18?,19-,26-/m0/s1. The lowest BCUT2D eigenvalue weighted by Crippen LogP contribution is -2.74. The average molecular weight is 479 g/mol. The monoisotopic (exact) mass is 478 g/mol. The van der Waals surface area contributed by atoms with Gasteiger partial charge < -0.3 is 15.6 Å². The summed E-state index contributed by atoms with van der Waals surface area (Å²) in [5.41, 5.74) is 3.66. The molecule has 0 aliphatic heterocycles. The number of amides is 1. The van der Waals surface area contributed by atoms with E-state index in [-0.39, 0.29) is 12.0 Å². The van der Waals surface area contributed by atoms with Gasteiger partial charge >= 0.3 is 0 Å². The zero-order chi connectivity index (χ0) is 25.4. The number of carbonyl (C=O) groups excluding carboxylic acids is 5. The van der Waals surface area contributed by atoms with Gasteiger partial charge in [-0.15, -0.1) is 0 Å². The number of Topliss-reactive ketones (excluding diaryl/α,β-unsaturated/α-hetero) is 4. The maximum Gasteiger partial charge on any atom is 0.235 e. The third-order valence-corrected chi connectivity index (χ3v) is 7.96. The van der Waals surface area contributed by atoms with Crippen molar-refractivity contribution in [1.29, 1.82) is 0 Å². The molecule has 3 aliphatic carbocycles. The highest BCUT2D eigenvalue weighted by atomic mass is 16.5. The fourth-order valence-corrected chi connectivity index (χ4v) is 6.52. The van der Waals surface area contributed by atoms with E-state index < -0.39 is 64.4 Å². The fraction of sp³-hybridized carbons (Fsp3) is 0.423. The second kappa shape index (κ2) is 7.79. The number of nitrogens with two attached hydrogens (primary N) is 1. The maximum atomic E-state index is 13.8. The van der Waals surface area contributed by atoms with Crippen LogP contribution in [0.5, 0.6) is 5.75 Å². The Morgan fingerprint density at radius 1 is 1.14 bits per heavy atom. The molecule has 2 unspecified atom stereocenters. The van der Waals surface area contributed by atoms with Crippen LogP contribution in [0, 0.1) is 23.7 Å². The van der Waals surface area contributed by atoms with Gasteiger partial charge in [0.2, 0.25) is 5.91 Å². The van der Waals surface area contributed by atoms with Gasteiger partial charge in [-0.25, -0.2) is 0 Å². The van der Waals surface area contributed by atoms with Crippen LogP contribution in [-0.4, -0.2) is 71.9 Å². The number of likely N-dealkylation sites (N-methyl/N-ethyl adjacent to an activating group) is 1. The van der Waals surface area contributed by atoms with Gasteiger partial charge in [-0.3, -0.25) is 28.9 Å². The molecule has 3 N–H and O–H groups in total. The molecule has 0 heterocycles. The second-order valence-electron chi connectivity index (χ2n) is 9.95. The zero-order valence-corrected chi connectivity index (χ0v) is 19.6. The van der Waals surface area contributed by atoms with Gasteiger partial charge in [0, 0.05) is 11.3 Å². The van der Waals surface area contributed by atoms with E-state index in [1.807, 2.05) is 30.3 Å². The molecule has 9 nitrogen and oxygen atoms in total. The third-order valence-electron chi connectivity index (χ3n) is 7.96. The van der Waals surface area contributed by atoms with Crippen LogP contribution in [0.2, 0.25) is 0 Å². The SMILES string of the molecule is COc1c2c(cc3ccccc13)C[C@H]1C[C@H]3[C@H](N(C)C)C(=O)C(C(N)=O)C(=O)[C@@]3(O)C(=O)C1C2=O. The van der Waals surface area contributed by atoms with Crippen LogP contribution in [0.4, 0.5) is 0 Å². The molecule has 0 spiro atoms. The Balaban J connectivity index is 1.68. The molecule has 2 aromatic rings. The van der Waals surface area contributed by atoms with Crippen molar-refractivity contribution in [3.05, 3.63) is 41.5 Å². The Labute approximate surface area is 201 Å². The van der Waals surface area contributed by atoms with Crippen molar-refractivity contribution < 1.29 is 33.8 Å². The predicted octanol–water partition coefficient (Wildman–Crippen LogP) is 0.323. The number of ketones is 4. The van der Waals surface area contributed by atoms with Crippen molar-refractivity contribution in [3.8, 4) is 5.75 Å². The summed E-state index contributed by atoms with van der Waals surface area (Å²) in [6, 6.07) is 8.23. The molecule has 35 heavy (non-hydrogen) atoms. The van der Waals surface area contributed by atoms with Crippen molar-refractivity contribution in [2.24, 2.45) is 29.4 Å². The summed E-state index contributed by atoms with van der Waals surface area (Å²) in [7, 11) is 4.60. The summed E-state index contributed by atoms with van der Waals surface area (Å²) in [6.45, 7) is 0. The quantitative estimate of drug-likeness (QED) is 0.601. The van der Waals surface area contributed by atoms with E-state index >= 15 is 0 Å². The number of nitrogens with zero attached hydrogens (tertiary/aromatic N) is 1. The fourth-order valence-electron chi connectivity index (χ4n) is 6.52. The molecular weight excluding hydrogens is 452 g/mol. The number of carbonyl (C=O) groups is 5. The lowest BCUT2D eigenvalue weighted by molar-refractivity contribution is -0.181. The van der Waals surface area contributed by atoms with Crippen LogP contribution >= 0.6 is 0 Å². The van der Waals surface area contributed by atoms with E-state index in [0.717, 1.165) is 10.9 Å². The minimum absolute atomic E-state index is 0.0824. The maximum absolute atomic E-state index is 13.8. The highest BCUT2D eigenvalue weighted by Crippen LogP contribution is 2.51. The highest BCUT2D eigenvalue weighted by Gasteiger charge is 2.69. The van der Waals surface area contributed by atoms with Gasteiger partial charge in [0.15, 0.2) is 34.7 Å². The number of hydrogen-bond acceptors (Lipinski definition) is 8. The summed E-state index contributed by atoms with van der Waals surface area (Å²) in [4.78, 5) is 67.6. The molecule has 6 atom stereocenters. The molecule has 9 heteroatoms. The first-order valence-corrected chi connectivity index (χ1v) is 11.5. The number of fused-ring (bicyclic) bond motifs is 4. The molecule has 2 fully saturated rings. The number of methoxy groups -OCH3 is 1. The molecule has 2 aromatic carbocycles. The van der Waals surface area contributed by atoms with Crippen LogP contribution in [-0.2, 0) is 25.6 Å². The van der Waals surface area contributed by atoms with E-state index in [1.165, 1.54) is 12.0 Å². The van der Waals surface area contributed by atoms with Gasteiger partial charge in [-0.1, -0.05) is 30.3 Å². The zero-order valence-electron chi connectivity index (χ0n) is 19.6. The van der Waals surface area contributed by atoms with Gasteiger partial charge in [-0.05, 0) is 43.8 Å². The topological polar surface area (TPSA) is 144 Å². The summed E-state index contributed by atoms with van der Waals surface area (Å²) in [5.74, 6) is -9.21. The van der Waals surface area contributed by atoms with Gasteiger partial charge in [0.25, 0.3) is 0 Å². The minimum Gasteiger partial charge on any atom is -0.495 e. The lowest BCUT2D eigenvalue weighted by Gasteiger charge is -2.52. The Kier molecular flexibility index (Phi) is 5.19. The predicted molar refractivity (Wildman–Crippen MR) is 124 cm³/mol. The minimum atomic E-state index is -2.67. The van der Waals surface area contributed by atoms with Crippen LogP contribution in [0.3, 0.4) is 0 Å². The highest BCUT2D eigenvalue weighted by molar-refractivity contribution is 6.32. The first-order chi connectivity index (χ1) is 16.5. The molecule has 0 radical (unpaired) electrons. The third kappa shape index (κ3) is 2.98. The van der Waals surface area contributed by atoms with Crippen molar-refractivity contribution in [2.75, 3.05) is 21.2 Å². The van der Waals surface area contributed by atoms with Gasteiger partial charge in [-0.2, -0.15) is 0 Å². The van der Waals surface area contributed by atoms with Crippen LogP contribution < -0.4 is 10.5 Å². The number of ether oxygens (including phenoxy) is 1. The molecule has 2 saturated carbocycles. The summed E-state index contributed by atoms with van der Waals surface area (Å²) < 4.78 is 5.60. The Morgan fingerprint density at radius 2 is 1.83 bits per heavy atom. The molecule has 3 aliphatic rings. The van der Waals surface area contributed by atoms with Gasteiger partial charge in [0.05, 0.1) is 24.6 Å². The van der Waals surface area contributed by atoms with Crippen molar-refractivity contribution in [1.82, 2.24) is 4.90 Å². The van der Waals surface area contributed by atoms with Crippen LogP contribution in [0.1, 0.15) is 22.3 Å². The first kappa shape index (κ1) is 23.3. The average Bonchev–Trinajstić information content (AvgIpc) is 2.79. The number of primary amides is 1. The Bertz CT molecular complexity index is 1330. The number of aliphatic hydroxyl groups is 1. The molecule has 0 saturated heterocycles. The summed E-state index contributed by atoms with van der Waals surface area (Å²) in [6.07, 6.45) is 0.423. The van der Waals surface area contributed by atoms with Crippen molar-refractivity contribution in [3.63, 3.8) is 0 Å². The first-order valence-electron chi connectivity index (χ1n) is 11.5. The normalized spacial score (nSPS) is 32.3. The van der Waals surface area contributed by atoms with E-state index in [0.29, 0.717) is 17.6 Å².